The highest BCUT2D eigenvalue weighted by Crippen LogP contribution is 2.21. The molecule has 116 valence electrons. The highest BCUT2D eigenvalue weighted by atomic mass is 16.5. The van der Waals surface area contributed by atoms with E-state index in [2.05, 4.69) is 5.32 Å². The average molecular weight is 295 g/mol. The molecule has 0 spiro atoms. The van der Waals surface area contributed by atoms with Gasteiger partial charge in [-0.3, -0.25) is 4.79 Å². The number of aliphatic hydroxyl groups excluding tert-OH is 3. The minimum absolute atomic E-state index is 0.340. The van der Waals surface area contributed by atoms with Crippen molar-refractivity contribution in [3.8, 4) is 0 Å². The van der Waals surface area contributed by atoms with Crippen molar-refractivity contribution in [3.63, 3.8) is 0 Å². The predicted octanol–water partition coefficient (Wildman–Crippen LogP) is -0.405. The molecule has 4 N–H and O–H groups in total. The molecular weight excluding hydrogens is 274 g/mol. The second kappa shape index (κ2) is 6.53. The van der Waals surface area contributed by atoms with Crippen molar-refractivity contribution >= 4 is 5.91 Å². The fraction of sp³-hybridized carbons (Fsp3) is 0.533. The van der Waals surface area contributed by atoms with Gasteiger partial charge in [-0.1, -0.05) is 17.7 Å². The molecule has 1 fully saturated rings. The second-order valence-electron chi connectivity index (χ2n) is 5.41. The number of amides is 1. The second-order valence-corrected chi connectivity index (χ2v) is 5.41. The summed E-state index contributed by atoms with van der Waals surface area (Å²) >= 11 is 0. The molecule has 5 atom stereocenters. The Labute approximate surface area is 123 Å². The molecule has 1 amide bonds. The first-order chi connectivity index (χ1) is 9.93. The van der Waals surface area contributed by atoms with Gasteiger partial charge in [-0.05, 0) is 26.0 Å². The van der Waals surface area contributed by atoms with Gasteiger partial charge in [0.2, 0.25) is 0 Å². The number of aliphatic hydroxyl groups is 3. The van der Waals surface area contributed by atoms with E-state index in [4.69, 9.17) is 9.84 Å². The molecule has 1 aromatic rings. The van der Waals surface area contributed by atoms with Gasteiger partial charge in [0.15, 0.2) is 0 Å². The molecular formula is C15H21NO5. The molecule has 21 heavy (non-hydrogen) atoms. The Bertz CT molecular complexity index is 507. The Morgan fingerprint density at radius 3 is 2.67 bits per heavy atom. The summed E-state index contributed by atoms with van der Waals surface area (Å²) in [6.45, 7) is 3.17. The molecule has 0 saturated carbocycles. The summed E-state index contributed by atoms with van der Waals surface area (Å²) in [5, 5.41) is 31.7. The van der Waals surface area contributed by atoms with Gasteiger partial charge in [0, 0.05) is 5.56 Å². The number of carbonyl (C=O) groups is 1. The van der Waals surface area contributed by atoms with Crippen LogP contribution in [-0.2, 0) is 4.74 Å². The van der Waals surface area contributed by atoms with Crippen molar-refractivity contribution in [2.45, 2.75) is 44.3 Å². The number of ether oxygens (including phenoxy) is 1. The van der Waals surface area contributed by atoms with Gasteiger partial charge in [0.05, 0.1) is 18.8 Å². The highest BCUT2D eigenvalue weighted by Gasteiger charge is 2.42. The molecule has 0 radical (unpaired) electrons. The van der Waals surface area contributed by atoms with Crippen LogP contribution < -0.4 is 5.32 Å². The number of nitrogens with one attached hydrogen (secondary N) is 1. The van der Waals surface area contributed by atoms with E-state index >= 15 is 0 Å². The van der Waals surface area contributed by atoms with Gasteiger partial charge in [-0.2, -0.15) is 0 Å². The Morgan fingerprint density at radius 1 is 1.33 bits per heavy atom. The van der Waals surface area contributed by atoms with E-state index in [1.807, 2.05) is 13.0 Å². The summed E-state index contributed by atoms with van der Waals surface area (Å²) in [4.78, 5) is 12.2. The minimum atomic E-state index is -1.24. The van der Waals surface area contributed by atoms with E-state index in [0.29, 0.717) is 5.56 Å². The number of carbonyl (C=O) groups excluding carboxylic acids is 1. The molecule has 1 saturated heterocycles. The Morgan fingerprint density at radius 2 is 2.05 bits per heavy atom. The quantitative estimate of drug-likeness (QED) is 0.608. The summed E-state index contributed by atoms with van der Waals surface area (Å²) in [5.74, 6) is -0.340. The lowest BCUT2D eigenvalue weighted by molar-refractivity contribution is -0.187. The highest BCUT2D eigenvalue weighted by molar-refractivity contribution is 5.94. The van der Waals surface area contributed by atoms with Crippen molar-refractivity contribution in [1.82, 2.24) is 5.32 Å². The molecule has 1 aromatic carbocycles. The van der Waals surface area contributed by atoms with Crippen LogP contribution in [0, 0.1) is 6.92 Å². The summed E-state index contributed by atoms with van der Waals surface area (Å²) in [5.41, 5.74) is 1.43. The van der Waals surface area contributed by atoms with Crippen LogP contribution in [0.2, 0.25) is 0 Å². The van der Waals surface area contributed by atoms with Gasteiger partial charge >= 0.3 is 0 Å². The summed E-state index contributed by atoms with van der Waals surface area (Å²) < 4.78 is 5.42. The fourth-order valence-electron chi connectivity index (χ4n) is 2.53. The van der Waals surface area contributed by atoms with Crippen LogP contribution in [-0.4, -0.2) is 58.3 Å². The van der Waals surface area contributed by atoms with Crippen LogP contribution >= 0.6 is 0 Å². The summed E-state index contributed by atoms with van der Waals surface area (Å²) in [7, 11) is 0. The van der Waals surface area contributed by atoms with Crippen LogP contribution in [0.25, 0.3) is 0 Å². The summed E-state index contributed by atoms with van der Waals surface area (Å²) in [6, 6.07) is 6.33. The number of hydrogen-bond donors (Lipinski definition) is 4. The van der Waals surface area contributed by atoms with Gasteiger partial charge in [-0.15, -0.1) is 0 Å². The Balaban J connectivity index is 2.09. The number of benzene rings is 1. The molecule has 6 heteroatoms. The maximum atomic E-state index is 12.2. The largest absolute Gasteiger partial charge is 0.394 e. The van der Waals surface area contributed by atoms with Crippen molar-refractivity contribution in [2.24, 2.45) is 0 Å². The summed E-state index contributed by atoms with van der Waals surface area (Å²) in [6.07, 6.45) is -3.80. The zero-order valence-electron chi connectivity index (χ0n) is 12.1. The molecule has 0 bridgehead atoms. The maximum Gasteiger partial charge on any atom is 0.251 e. The SMILES string of the molecule is Cc1cccc(C(=O)NC2C(C)OC(CO)C(O)C2O)c1. The van der Waals surface area contributed by atoms with E-state index in [1.165, 1.54) is 0 Å². The van der Waals surface area contributed by atoms with Crippen molar-refractivity contribution in [3.05, 3.63) is 35.4 Å². The van der Waals surface area contributed by atoms with E-state index < -0.39 is 30.5 Å². The normalized spacial score (nSPS) is 32.7. The molecule has 0 aliphatic carbocycles. The first-order valence-corrected chi connectivity index (χ1v) is 6.94. The topological polar surface area (TPSA) is 99.0 Å². The minimum Gasteiger partial charge on any atom is -0.394 e. The molecule has 5 unspecified atom stereocenters. The molecule has 1 heterocycles. The van der Waals surface area contributed by atoms with Gasteiger partial charge in [0.1, 0.15) is 18.3 Å². The predicted molar refractivity (Wildman–Crippen MR) is 75.9 cm³/mol. The van der Waals surface area contributed by atoms with Crippen molar-refractivity contribution in [2.75, 3.05) is 6.61 Å². The molecule has 2 rings (SSSR count). The van der Waals surface area contributed by atoms with Crippen LogP contribution in [0.4, 0.5) is 0 Å². The van der Waals surface area contributed by atoms with Gasteiger partial charge in [0.25, 0.3) is 5.91 Å². The smallest absolute Gasteiger partial charge is 0.251 e. The van der Waals surface area contributed by atoms with E-state index in [9.17, 15) is 15.0 Å². The van der Waals surface area contributed by atoms with Crippen molar-refractivity contribution in [1.29, 1.82) is 0 Å². The standard InChI is InChI=1S/C15H21NO5/c1-8-4-3-5-10(6-8)15(20)16-12-9(2)21-11(7-17)13(18)14(12)19/h3-6,9,11-14,17-19H,7H2,1-2H3,(H,16,20). The average Bonchev–Trinajstić information content (AvgIpc) is 2.47. The number of hydrogen-bond acceptors (Lipinski definition) is 5. The molecule has 1 aliphatic heterocycles. The van der Waals surface area contributed by atoms with E-state index in [1.54, 1.807) is 25.1 Å². The van der Waals surface area contributed by atoms with Crippen LogP contribution in [0.15, 0.2) is 24.3 Å². The third kappa shape index (κ3) is 3.41. The molecule has 1 aliphatic rings. The van der Waals surface area contributed by atoms with Gasteiger partial charge < -0.3 is 25.4 Å². The lowest BCUT2D eigenvalue weighted by Gasteiger charge is -2.41. The third-order valence-electron chi connectivity index (χ3n) is 3.75. The van der Waals surface area contributed by atoms with Crippen LogP contribution in [0.1, 0.15) is 22.8 Å². The van der Waals surface area contributed by atoms with E-state index in [0.717, 1.165) is 5.56 Å². The van der Waals surface area contributed by atoms with Crippen LogP contribution in [0.3, 0.4) is 0 Å². The van der Waals surface area contributed by atoms with E-state index in [-0.39, 0.29) is 12.5 Å². The zero-order chi connectivity index (χ0) is 15.6. The van der Waals surface area contributed by atoms with Crippen molar-refractivity contribution < 1.29 is 24.9 Å². The monoisotopic (exact) mass is 295 g/mol. The lowest BCUT2D eigenvalue weighted by Crippen LogP contribution is -2.63. The maximum absolute atomic E-state index is 12.2. The molecule has 6 nitrogen and oxygen atoms in total. The molecule has 0 aromatic heterocycles. The Kier molecular flexibility index (Phi) is 4.95. The Hall–Kier alpha value is -1.47. The zero-order valence-corrected chi connectivity index (χ0v) is 12.1. The number of rotatable bonds is 3. The van der Waals surface area contributed by atoms with Crippen LogP contribution in [0.5, 0.6) is 0 Å². The lowest BCUT2D eigenvalue weighted by atomic mass is 9.93. The third-order valence-corrected chi connectivity index (χ3v) is 3.75. The van der Waals surface area contributed by atoms with Gasteiger partial charge in [-0.25, -0.2) is 0 Å². The first-order valence-electron chi connectivity index (χ1n) is 6.94. The first kappa shape index (κ1) is 15.9. The fourth-order valence-corrected chi connectivity index (χ4v) is 2.53. The number of aryl methyl sites for hydroxylation is 1.